The Morgan fingerprint density at radius 1 is 1.14 bits per heavy atom. The molecule has 1 saturated heterocycles. The first-order valence-electron chi connectivity index (χ1n) is 11.4. The largest absolute Gasteiger partial charge is 0.497 e. The second-order valence-corrected chi connectivity index (χ2v) is 8.69. The van der Waals surface area contributed by atoms with Crippen molar-refractivity contribution in [3.8, 4) is 5.75 Å². The summed E-state index contributed by atoms with van der Waals surface area (Å²) in [5.74, 6) is 1.18. The van der Waals surface area contributed by atoms with Gasteiger partial charge in [0.15, 0.2) is 5.54 Å². The van der Waals surface area contributed by atoms with Crippen LogP contribution in [0.25, 0.3) is 11.0 Å². The highest BCUT2D eigenvalue weighted by Crippen LogP contribution is 2.30. The molecular formula is C26H27N5O6. The number of imide groups is 1. The highest BCUT2D eigenvalue weighted by Gasteiger charge is 2.46. The van der Waals surface area contributed by atoms with Crippen LogP contribution in [-0.4, -0.2) is 56.1 Å². The summed E-state index contributed by atoms with van der Waals surface area (Å²) in [4.78, 5) is 36.6. The molecule has 1 aromatic heterocycles. The summed E-state index contributed by atoms with van der Waals surface area (Å²) in [5.41, 5.74) is 1.98. The number of hydrogen-bond acceptors (Lipinski definition) is 8. The monoisotopic (exact) mass is 505 g/mol. The van der Waals surface area contributed by atoms with Gasteiger partial charge in [-0.2, -0.15) is 5.10 Å². The van der Waals surface area contributed by atoms with E-state index in [4.69, 9.17) is 13.9 Å². The van der Waals surface area contributed by atoms with Crippen LogP contribution in [0.3, 0.4) is 0 Å². The number of carbonyl (C=O) groups excluding carboxylic acids is 3. The smallest absolute Gasteiger partial charge is 0.322 e. The van der Waals surface area contributed by atoms with Gasteiger partial charge in [0.05, 0.1) is 20.4 Å². The van der Waals surface area contributed by atoms with E-state index >= 15 is 0 Å². The third kappa shape index (κ3) is 5.15. The molecule has 11 heteroatoms. The lowest BCUT2D eigenvalue weighted by atomic mass is 9.99. The molecule has 4 amide bonds. The number of methoxy groups -OCH3 is 2. The van der Waals surface area contributed by atoms with Crippen molar-refractivity contribution in [2.24, 2.45) is 10.2 Å². The normalized spacial score (nSPS) is 19.0. The maximum Gasteiger partial charge on any atom is 0.322 e. The fourth-order valence-electron chi connectivity index (χ4n) is 3.86. The van der Waals surface area contributed by atoms with Crippen LogP contribution in [-0.2, 0) is 21.6 Å². The van der Waals surface area contributed by atoms with Crippen LogP contribution in [0.2, 0.25) is 0 Å². The van der Waals surface area contributed by atoms with Crippen molar-refractivity contribution < 1.29 is 28.3 Å². The van der Waals surface area contributed by atoms with Gasteiger partial charge in [-0.3, -0.25) is 14.9 Å². The SMILES string of the molecule is CO/C(C)=N\N=C\c1ccc2cc(C3(C)NC(=O)NC3=O)oc2c1.COc1ccc2c(c1)C(=O)N(C)C2. The molecule has 0 aliphatic carbocycles. The second kappa shape index (κ2) is 10.1. The van der Waals surface area contributed by atoms with Gasteiger partial charge in [0.2, 0.25) is 5.90 Å². The van der Waals surface area contributed by atoms with E-state index in [-0.39, 0.29) is 5.91 Å². The molecule has 5 rings (SSSR count). The van der Waals surface area contributed by atoms with Crippen LogP contribution >= 0.6 is 0 Å². The van der Waals surface area contributed by atoms with E-state index in [1.807, 2.05) is 24.3 Å². The molecule has 3 heterocycles. The summed E-state index contributed by atoms with van der Waals surface area (Å²) < 4.78 is 15.7. The number of fused-ring (bicyclic) bond motifs is 2. The van der Waals surface area contributed by atoms with E-state index in [2.05, 4.69) is 20.8 Å². The minimum atomic E-state index is -1.22. The van der Waals surface area contributed by atoms with Crippen LogP contribution < -0.4 is 15.4 Å². The number of carbonyl (C=O) groups is 3. The molecule has 3 aromatic rings. The predicted molar refractivity (Wildman–Crippen MR) is 137 cm³/mol. The van der Waals surface area contributed by atoms with E-state index in [1.54, 1.807) is 57.3 Å². The highest BCUT2D eigenvalue weighted by molar-refractivity contribution is 6.07. The van der Waals surface area contributed by atoms with Gasteiger partial charge in [0, 0.05) is 31.5 Å². The number of benzene rings is 2. The number of nitrogens with zero attached hydrogens (tertiary/aromatic N) is 3. The van der Waals surface area contributed by atoms with Gasteiger partial charge in [-0.05, 0) is 42.3 Å². The first kappa shape index (κ1) is 25.4. The Morgan fingerprint density at radius 3 is 2.59 bits per heavy atom. The average Bonchev–Trinajstić information content (AvgIpc) is 3.52. The first-order valence-corrected chi connectivity index (χ1v) is 11.4. The maximum atomic E-state index is 12.0. The minimum absolute atomic E-state index is 0.0777. The third-order valence-corrected chi connectivity index (χ3v) is 6.08. The summed E-state index contributed by atoms with van der Waals surface area (Å²) in [5, 5.41) is 13.4. The summed E-state index contributed by atoms with van der Waals surface area (Å²) in [7, 11) is 4.92. The van der Waals surface area contributed by atoms with Crippen molar-refractivity contribution in [3.63, 3.8) is 0 Å². The molecule has 0 spiro atoms. The maximum absolute atomic E-state index is 12.0. The lowest BCUT2D eigenvalue weighted by molar-refractivity contribution is -0.124. The van der Waals surface area contributed by atoms with Crippen LogP contribution in [0.1, 0.15) is 41.1 Å². The molecule has 0 bridgehead atoms. The van der Waals surface area contributed by atoms with Gasteiger partial charge in [-0.25, -0.2) is 4.79 Å². The number of furan rings is 1. The molecule has 1 atom stereocenters. The van der Waals surface area contributed by atoms with E-state index < -0.39 is 17.5 Å². The number of urea groups is 1. The van der Waals surface area contributed by atoms with Gasteiger partial charge in [-0.15, -0.1) is 5.10 Å². The van der Waals surface area contributed by atoms with Gasteiger partial charge in [-0.1, -0.05) is 18.2 Å². The Morgan fingerprint density at radius 2 is 1.92 bits per heavy atom. The van der Waals surface area contributed by atoms with Crippen LogP contribution in [0.5, 0.6) is 5.75 Å². The zero-order valence-electron chi connectivity index (χ0n) is 21.1. The van der Waals surface area contributed by atoms with Crippen molar-refractivity contribution in [1.29, 1.82) is 0 Å². The summed E-state index contributed by atoms with van der Waals surface area (Å²) in [6.07, 6.45) is 1.57. The van der Waals surface area contributed by atoms with Crippen molar-refractivity contribution in [2.75, 3.05) is 21.3 Å². The molecule has 1 unspecified atom stereocenters. The zero-order valence-corrected chi connectivity index (χ0v) is 21.1. The Labute approximate surface area is 213 Å². The molecule has 11 nitrogen and oxygen atoms in total. The van der Waals surface area contributed by atoms with Crippen LogP contribution in [0.15, 0.2) is 57.1 Å². The fraction of sp³-hybridized carbons (Fsp3) is 0.269. The first-order chi connectivity index (χ1) is 17.6. The summed E-state index contributed by atoms with van der Waals surface area (Å²) in [6.45, 7) is 3.99. The van der Waals surface area contributed by atoms with E-state index in [9.17, 15) is 14.4 Å². The zero-order chi connectivity index (χ0) is 26.7. The van der Waals surface area contributed by atoms with E-state index in [0.29, 0.717) is 23.8 Å². The number of rotatable bonds is 4. The quantitative estimate of drug-likeness (QED) is 0.242. The van der Waals surface area contributed by atoms with Gasteiger partial charge < -0.3 is 24.1 Å². The molecule has 2 N–H and O–H groups in total. The third-order valence-electron chi connectivity index (χ3n) is 6.08. The van der Waals surface area contributed by atoms with Gasteiger partial charge >= 0.3 is 6.03 Å². The molecule has 0 radical (unpaired) electrons. The van der Waals surface area contributed by atoms with Crippen molar-refractivity contribution in [3.05, 3.63) is 64.9 Å². The summed E-state index contributed by atoms with van der Waals surface area (Å²) in [6, 6.07) is 12.3. The standard InChI is InChI=1S/C16H16N4O4.C10H11NO2/c1-9(23-3)20-17-8-10-4-5-11-7-13(24-12(11)6-10)16(2)14(21)18-15(22)19-16;1-11-6-7-3-4-8(13-2)5-9(7)10(11)12/h4-8H,1-3H3,(H2,18,19,21,22);3-5H,6H2,1-2H3/b17-8+,20-9-;. The molecule has 37 heavy (non-hydrogen) atoms. The predicted octanol–water partition coefficient (Wildman–Crippen LogP) is 3.17. The molecule has 192 valence electrons. The Balaban J connectivity index is 0.000000207. The second-order valence-electron chi connectivity index (χ2n) is 8.69. The van der Waals surface area contributed by atoms with Crippen LogP contribution in [0.4, 0.5) is 4.79 Å². The van der Waals surface area contributed by atoms with Gasteiger partial charge in [0.1, 0.15) is 17.1 Å². The number of amides is 4. The summed E-state index contributed by atoms with van der Waals surface area (Å²) >= 11 is 0. The molecule has 0 saturated carbocycles. The lowest BCUT2D eigenvalue weighted by Crippen LogP contribution is -2.40. The Bertz CT molecular complexity index is 1440. The Kier molecular flexibility index (Phi) is 6.96. The van der Waals surface area contributed by atoms with Crippen molar-refractivity contribution >= 4 is 40.9 Å². The van der Waals surface area contributed by atoms with Gasteiger partial charge in [0.25, 0.3) is 11.8 Å². The van der Waals surface area contributed by atoms with E-state index in [0.717, 1.165) is 27.8 Å². The number of nitrogens with one attached hydrogen (secondary N) is 2. The highest BCUT2D eigenvalue weighted by atomic mass is 16.5. The molecule has 2 aliphatic heterocycles. The Hall–Kier alpha value is -4.67. The molecule has 2 aromatic carbocycles. The topological polar surface area (TPSA) is 135 Å². The number of hydrogen-bond donors (Lipinski definition) is 2. The molecule has 1 fully saturated rings. The van der Waals surface area contributed by atoms with Crippen LogP contribution in [0, 0.1) is 0 Å². The van der Waals surface area contributed by atoms with Crippen molar-refractivity contribution in [2.45, 2.75) is 25.9 Å². The van der Waals surface area contributed by atoms with E-state index in [1.165, 1.54) is 7.11 Å². The molecular weight excluding hydrogens is 478 g/mol. The molecule has 2 aliphatic rings. The fourth-order valence-corrected chi connectivity index (χ4v) is 3.86. The minimum Gasteiger partial charge on any atom is -0.497 e. The lowest BCUT2D eigenvalue weighted by Gasteiger charge is -2.16. The average molecular weight is 506 g/mol. The van der Waals surface area contributed by atoms with Crippen molar-refractivity contribution in [1.82, 2.24) is 15.5 Å². The number of ether oxygens (including phenoxy) is 2.